The number of benzene rings is 2. The van der Waals surface area contributed by atoms with E-state index in [-0.39, 0.29) is 12.3 Å². The Hall–Kier alpha value is -2.66. The third-order valence-electron chi connectivity index (χ3n) is 3.63. The summed E-state index contributed by atoms with van der Waals surface area (Å²) in [6.45, 7) is 2.95. The molecule has 0 atom stereocenters. The van der Waals surface area contributed by atoms with Crippen LogP contribution in [-0.2, 0) is 11.2 Å². The van der Waals surface area contributed by atoms with E-state index in [4.69, 9.17) is 4.74 Å². The van der Waals surface area contributed by atoms with Crippen molar-refractivity contribution in [3.63, 3.8) is 0 Å². The van der Waals surface area contributed by atoms with Crippen molar-refractivity contribution in [2.24, 2.45) is 0 Å². The number of nitrogens with one attached hydrogen (secondary N) is 1. The molecule has 0 aliphatic carbocycles. The van der Waals surface area contributed by atoms with Gasteiger partial charge in [-0.15, -0.1) is 11.3 Å². The van der Waals surface area contributed by atoms with Gasteiger partial charge in [-0.3, -0.25) is 4.79 Å². The van der Waals surface area contributed by atoms with Crippen molar-refractivity contribution in [2.75, 3.05) is 13.2 Å². The minimum Gasteiger partial charge on any atom is -0.492 e. The minimum atomic E-state index is -0.0441. The van der Waals surface area contributed by atoms with Gasteiger partial charge in [0.05, 0.1) is 18.7 Å². The van der Waals surface area contributed by atoms with Gasteiger partial charge in [-0.1, -0.05) is 48.0 Å². The molecule has 2 aromatic carbocycles. The van der Waals surface area contributed by atoms with Gasteiger partial charge in [0.15, 0.2) is 0 Å². The summed E-state index contributed by atoms with van der Waals surface area (Å²) in [6.07, 6.45) is 0.286. The number of hydrogen-bond acceptors (Lipinski definition) is 4. The van der Waals surface area contributed by atoms with E-state index in [1.165, 1.54) is 5.56 Å². The van der Waals surface area contributed by atoms with E-state index >= 15 is 0 Å². The topological polar surface area (TPSA) is 51.2 Å². The largest absolute Gasteiger partial charge is 0.492 e. The molecule has 0 aliphatic rings. The number of thiazole rings is 1. The number of aromatic nitrogens is 1. The first-order valence-electron chi connectivity index (χ1n) is 8.17. The lowest BCUT2D eigenvalue weighted by Gasteiger charge is -2.07. The van der Waals surface area contributed by atoms with Crippen LogP contribution in [0.1, 0.15) is 11.3 Å². The molecule has 0 spiro atoms. The Morgan fingerprint density at radius 2 is 1.88 bits per heavy atom. The number of hydrogen-bond donors (Lipinski definition) is 1. The average molecular weight is 352 g/mol. The van der Waals surface area contributed by atoms with Crippen molar-refractivity contribution < 1.29 is 9.53 Å². The van der Waals surface area contributed by atoms with Gasteiger partial charge in [0.1, 0.15) is 17.4 Å². The van der Waals surface area contributed by atoms with Crippen LogP contribution in [0.5, 0.6) is 5.75 Å². The van der Waals surface area contributed by atoms with Gasteiger partial charge < -0.3 is 10.1 Å². The van der Waals surface area contributed by atoms with Crippen LogP contribution in [0.2, 0.25) is 0 Å². The highest BCUT2D eigenvalue weighted by Crippen LogP contribution is 2.23. The summed E-state index contributed by atoms with van der Waals surface area (Å²) in [5, 5.41) is 5.73. The van der Waals surface area contributed by atoms with E-state index in [1.54, 1.807) is 11.3 Å². The van der Waals surface area contributed by atoms with Crippen LogP contribution in [0, 0.1) is 6.92 Å². The molecule has 0 radical (unpaired) electrons. The third kappa shape index (κ3) is 5.16. The zero-order valence-electron chi connectivity index (χ0n) is 14.1. The van der Waals surface area contributed by atoms with Crippen LogP contribution in [0.3, 0.4) is 0 Å². The SMILES string of the molecule is Cc1ccc(OCCNC(=O)Cc2csc(-c3ccccc3)n2)cc1. The molecule has 1 amide bonds. The molecule has 1 heterocycles. The Labute approximate surface area is 151 Å². The Morgan fingerprint density at radius 1 is 1.12 bits per heavy atom. The molecule has 5 heteroatoms. The number of nitrogens with zero attached hydrogens (tertiary/aromatic N) is 1. The van der Waals surface area contributed by atoms with Crippen LogP contribution < -0.4 is 10.1 Å². The number of amides is 1. The predicted octanol–water partition coefficient (Wildman–Crippen LogP) is 3.86. The highest BCUT2D eigenvalue weighted by molar-refractivity contribution is 7.13. The molecule has 1 aromatic heterocycles. The van der Waals surface area contributed by atoms with Gasteiger partial charge in [0.25, 0.3) is 0 Å². The van der Waals surface area contributed by atoms with E-state index < -0.39 is 0 Å². The lowest BCUT2D eigenvalue weighted by atomic mass is 10.2. The normalized spacial score (nSPS) is 10.4. The summed E-state index contributed by atoms with van der Waals surface area (Å²) in [6, 6.07) is 17.8. The molecule has 3 aromatic rings. The number of ether oxygens (including phenoxy) is 1. The van der Waals surface area contributed by atoms with Crippen molar-refractivity contribution in [3.8, 4) is 16.3 Å². The maximum atomic E-state index is 12.0. The Balaban J connectivity index is 1.42. The standard InChI is InChI=1S/C20H20N2O2S/c1-15-7-9-18(10-8-15)24-12-11-21-19(23)13-17-14-25-20(22-17)16-5-3-2-4-6-16/h2-10,14H,11-13H2,1H3,(H,21,23). The molecular weight excluding hydrogens is 332 g/mol. The Bertz CT molecular complexity index is 813. The molecular formula is C20H20N2O2S. The van der Waals surface area contributed by atoms with Gasteiger partial charge >= 0.3 is 0 Å². The van der Waals surface area contributed by atoms with E-state index in [9.17, 15) is 4.79 Å². The van der Waals surface area contributed by atoms with Crippen molar-refractivity contribution in [1.82, 2.24) is 10.3 Å². The second-order valence-corrected chi connectivity index (χ2v) is 6.56. The smallest absolute Gasteiger partial charge is 0.226 e. The molecule has 128 valence electrons. The van der Waals surface area contributed by atoms with E-state index in [2.05, 4.69) is 10.3 Å². The highest BCUT2D eigenvalue weighted by atomic mass is 32.1. The van der Waals surface area contributed by atoms with Crippen LogP contribution >= 0.6 is 11.3 Å². The fourth-order valence-corrected chi connectivity index (χ4v) is 3.15. The van der Waals surface area contributed by atoms with Crippen LogP contribution in [0.25, 0.3) is 10.6 Å². The summed E-state index contributed by atoms with van der Waals surface area (Å²) in [5.41, 5.74) is 3.06. The molecule has 0 saturated carbocycles. The lowest BCUT2D eigenvalue weighted by Crippen LogP contribution is -2.29. The summed E-state index contributed by atoms with van der Waals surface area (Å²) in [7, 11) is 0. The van der Waals surface area contributed by atoms with E-state index in [0.717, 1.165) is 22.0 Å². The van der Waals surface area contributed by atoms with Crippen LogP contribution in [-0.4, -0.2) is 24.0 Å². The maximum Gasteiger partial charge on any atom is 0.226 e. The number of rotatable bonds is 7. The molecule has 1 N–H and O–H groups in total. The summed E-state index contributed by atoms with van der Waals surface area (Å²) in [5.74, 6) is 0.768. The van der Waals surface area contributed by atoms with Crippen molar-refractivity contribution in [1.29, 1.82) is 0 Å². The molecule has 0 fully saturated rings. The summed E-state index contributed by atoms with van der Waals surface area (Å²) < 4.78 is 5.60. The maximum absolute atomic E-state index is 12.0. The molecule has 0 aliphatic heterocycles. The number of carbonyl (C=O) groups excluding carboxylic acids is 1. The second-order valence-electron chi connectivity index (χ2n) is 5.70. The Kier molecular flexibility index (Phi) is 5.80. The van der Waals surface area contributed by atoms with Gasteiger partial charge in [-0.05, 0) is 19.1 Å². The van der Waals surface area contributed by atoms with Gasteiger partial charge in [0.2, 0.25) is 5.91 Å². The monoisotopic (exact) mass is 352 g/mol. The first-order chi connectivity index (χ1) is 12.2. The second kappa shape index (κ2) is 8.44. The summed E-state index contributed by atoms with van der Waals surface area (Å²) in [4.78, 5) is 16.5. The highest BCUT2D eigenvalue weighted by Gasteiger charge is 2.08. The molecule has 0 saturated heterocycles. The van der Waals surface area contributed by atoms with Crippen LogP contribution in [0.4, 0.5) is 0 Å². The lowest BCUT2D eigenvalue weighted by molar-refractivity contribution is -0.120. The molecule has 0 bridgehead atoms. The first kappa shape index (κ1) is 17.2. The molecule has 3 rings (SSSR count). The first-order valence-corrected chi connectivity index (χ1v) is 9.05. The number of carbonyl (C=O) groups is 1. The predicted molar refractivity (Wildman–Crippen MR) is 101 cm³/mol. The van der Waals surface area contributed by atoms with Crippen molar-refractivity contribution in [2.45, 2.75) is 13.3 Å². The zero-order chi connectivity index (χ0) is 17.5. The third-order valence-corrected chi connectivity index (χ3v) is 4.57. The van der Waals surface area contributed by atoms with Gasteiger partial charge in [-0.25, -0.2) is 4.98 Å². The van der Waals surface area contributed by atoms with Gasteiger partial charge in [-0.2, -0.15) is 0 Å². The molecule has 0 unspecified atom stereocenters. The van der Waals surface area contributed by atoms with Crippen molar-refractivity contribution >= 4 is 17.2 Å². The molecule has 25 heavy (non-hydrogen) atoms. The quantitative estimate of drug-likeness (QED) is 0.657. The fourth-order valence-electron chi connectivity index (χ4n) is 2.32. The number of aryl methyl sites for hydroxylation is 1. The average Bonchev–Trinajstić information content (AvgIpc) is 3.09. The van der Waals surface area contributed by atoms with E-state index in [1.807, 2.05) is 66.9 Å². The zero-order valence-corrected chi connectivity index (χ0v) is 14.9. The van der Waals surface area contributed by atoms with Gasteiger partial charge in [0, 0.05) is 10.9 Å². The van der Waals surface area contributed by atoms with Crippen molar-refractivity contribution in [3.05, 3.63) is 71.2 Å². The van der Waals surface area contributed by atoms with E-state index in [0.29, 0.717) is 13.2 Å². The summed E-state index contributed by atoms with van der Waals surface area (Å²) >= 11 is 1.56. The van der Waals surface area contributed by atoms with Crippen LogP contribution in [0.15, 0.2) is 60.0 Å². The Morgan fingerprint density at radius 3 is 2.64 bits per heavy atom. The molecule has 4 nitrogen and oxygen atoms in total. The fraction of sp³-hybridized carbons (Fsp3) is 0.200. The minimum absolute atomic E-state index is 0.0441.